The number of aryl methyl sites for hydroxylation is 2. The van der Waals surface area contributed by atoms with Gasteiger partial charge < -0.3 is 0 Å². The second-order valence-electron chi connectivity index (χ2n) is 6.21. The van der Waals surface area contributed by atoms with E-state index in [1.54, 1.807) is 19.1 Å². The van der Waals surface area contributed by atoms with E-state index >= 15 is 0 Å². The van der Waals surface area contributed by atoms with Crippen LogP contribution in [-0.4, -0.2) is 32.8 Å². The Hall–Kier alpha value is -2.67. The number of hydrogen-bond acceptors (Lipinski definition) is 4. The average molecular weight is 373 g/mol. The third kappa shape index (κ3) is 5.42. The van der Waals surface area contributed by atoms with Gasteiger partial charge in [-0.05, 0) is 49.6 Å². The SMILES string of the molecule is C/C(=N/NC(=O)CN(c1cc(C)cc(C)c1)S(C)(=O)=O)c1ccccc1. The van der Waals surface area contributed by atoms with E-state index in [0.717, 1.165) is 27.3 Å². The Morgan fingerprint density at radius 1 is 1.08 bits per heavy atom. The van der Waals surface area contributed by atoms with Gasteiger partial charge in [0.15, 0.2) is 0 Å². The molecule has 0 aliphatic heterocycles. The van der Waals surface area contributed by atoms with Crippen LogP contribution >= 0.6 is 0 Å². The maximum Gasteiger partial charge on any atom is 0.260 e. The molecule has 0 bridgehead atoms. The number of hydrazone groups is 1. The van der Waals surface area contributed by atoms with Gasteiger partial charge in [0.05, 0.1) is 17.7 Å². The highest BCUT2D eigenvalue weighted by Crippen LogP contribution is 2.21. The minimum atomic E-state index is -3.61. The highest BCUT2D eigenvalue weighted by molar-refractivity contribution is 7.92. The summed E-state index contributed by atoms with van der Waals surface area (Å²) in [5.74, 6) is -0.509. The Morgan fingerprint density at radius 3 is 2.19 bits per heavy atom. The smallest absolute Gasteiger partial charge is 0.260 e. The molecular weight excluding hydrogens is 350 g/mol. The molecule has 7 heteroatoms. The van der Waals surface area contributed by atoms with Crippen molar-refractivity contribution in [2.24, 2.45) is 5.10 Å². The van der Waals surface area contributed by atoms with Crippen LogP contribution in [0.5, 0.6) is 0 Å². The maximum absolute atomic E-state index is 12.3. The molecule has 0 unspecified atom stereocenters. The van der Waals surface area contributed by atoms with E-state index in [4.69, 9.17) is 0 Å². The summed E-state index contributed by atoms with van der Waals surface area (Å²) in [7, 11) is -3.61. The lowest BCUT2D eigenvalue weighted by Crippen LogP contribution is -2.39. The lowest BCUT2D eigenvalue weighted by atomic mass is 10.1. The van der Waals surface area contributed by atoms with Crippen molar-refractivity contribution >= 4 is 27.3 Å². The van der Waals surface area contributed by atoms with E-state index in [1.807, 2.05) is 50.2 Å². The number of nitrogens with zero attached hydrogens (tertiary/aromatic N) is 2. The zero-order valence-corrected chi connectivity index (χ0v) is 16.2. The summed E-state index contributed by atoms with van der Waals surface area (Å²) >= 11 is 0. The van der Waals surface area contributed by atoms with Crippen LogP contribution in [0.2, 0.25) is 0 Å². The maximum atomic E-state index is 12.3. The highest BCUT2D eigenvalue weighted by Gasteiger charge is 2.21. The van der Waals surface area contributed by atoms with Crippen molar-refractivity contribution in [3.8, 4) is 0 Å². The molecule has 0 radical (unpaired) electrons. The number of nitrogens with one attached hydrogen (secondary N) is 1. The quantitative estimate of drug-likeness (QED) is 0.624. The van der Waals surface area contributed by atoms with Crippen LogP contribution < -0.4 is 9.73 Å². The molecule has 0 fully saturated rings. The fourth-order valence-corrected chi connectivity index (χ4v) is 3.39. The molecule has 0 atom stereocenters. The molecule has 1 amide bonds. The van der Waals surface area contributed by atoms with Crippen molar-refractivity contribution in [2.45, 2.75) is 20.8 Å². The molecule has 1 N–H and O–H groups in total. The number of hydrogen-bond donors (Lipinski definition) is 1. The molecule has 0 aromatic heterocycles. The standard InChI is InChI=1S/C19H23N3O3S/c1-14-10-15(2)12-18(11-14)22(26(4,24)25)13-19(23)21-20-16(3)17-8-6-5-7-9-17/h5-12H,13H2,1-4H3,(H,21,23)/b20-16-. The van der Waals surface area contributed by atoms with Crippen LogP contribution in [0, 0.1) is 13.8 Å². The number of benzene rings is 2. The molecule has 0 aliphatic carbocycles. The first kappa shape index (κ1) is 19.7. The first-order valence-electron chi connectivity index (χ1n) is 8.11. The molecule has 2 rings (SSSR count). The molecule has 0 spiro atoms. The minimum absolute atomic E-state index is 0.340. The van der Waals surface area contributed by atoms with Crippen LogP contribution in [0.4, 0.5) is 5.69 Å². The van der Waals surface area contributed by atoms with Crippen LogP contribution in [0.3, 0.4) is 0 Å². The summed E-state index contributed by atoms with van der Waals surface area (Å²) in [4.78, 5) is 12.3. The van der Waals surface area contributed by atoms with Crippen LogP contribution in [0.25, 0.3) is 0 Å². The van der Waals surface area contributed by atoms with E-state index in [1.165, 1.54) is 0 Å². The largest absolute Gasteiger partial charge is 0.271 e. The number of sulfonamides is 1. The summed E-state index contributed by atoms with van der Waals surface area (Å²) in [5.41, 5.74) is 6.25. The molecule has 138 valence electrons. The molecule has 6 nitrogen and oxygen atoms in total. The average Bonchev–Trinajstić information content (AvgIpc) is 2.56. The molecule has 0 heterocycles. The van der Waals surface area contributed by atoms with Gasteiger partial charge in [0.1, 0.15) is 6.54 Å². The Labute approximate surface area is 154 Å². The molecule has 0 saturated carbocycles. The third-order valence-corrected chi connectivity index (χ3v) is 4.86. The Balaban J connectivity index is 2.17. The highest BCUT2D eigenvalue weighted by atomic mass is 32.2. The zero-order valence-electron chi connectivity index (χ0n) is 15.4. The lowest BCUT2D eigenvalue weighted by Gasteiger charge is -2.22. The van der Waals surface area contributed by atoms with Crippen LogP contribution in [0.1, 0.15) is 23.6 Å². The molecule has 0 aliphatic rings. The van der Waals surface area contributed by atoms with Gasteiger partial charge in [0.2, 0.25) is 10.0 Å². The van der Waals surface area contributed by atoms with E-state index < -0.39 is 15.9 Å². The normalized spacial score (nSPS) is 11.9. The van der Waals surface area contributed by atoms with Gasteiger partial charge in [-0.25, -0.2) is 13.8 Å². The number of carbonyl (C=O) groups is 1. The van der Waals surface area contributed by atoms with Crippen LogP contribution in [0.15, 0.2) is 53.6 Å². The number of anilines is 1. The van der Waals surface area contributed by atoms with E-state index in [2.05, 4.69) is 10.5 Å². The molecular formula is C19H23N3O3S. The number of carbonyl (C=O) groups excluding carboxylic acids is 1. The molecule has 2 aromatic carbocycles. The molecule has 0 saturated heterocycles. The Bertz CT molecular complexity index is 902. The number of amides is 1. The second kappa shape index (κ2) is 8.14. The molecule has 26 heavy (non-hydrogen) atoms. The van der Waals surface area contributed by atoms with Gasteiger partial charge >= 0.3 is 0 Å². The van der Waals surface area contributed by atoms with Gasteiger partial charge in [-0.1, -0.05) is 36.4 Å². The summed E-state index contributed by atoms with van der Waals surface area (Å²) in [6.07, 6.45) is 1.08. The Morgan fingerprint density at radius 2 is 1.65 bits per heavy atom. The summed E-state index contributed by atoms with van der Waals surface area (Å²) in [5, 5.41) is 4.05. The Kier molecular flexibility index (Phi) is 6.15. The van der Waals surface area contributed by atoms with Crippen molar-refractivity contribution in [2.75, 3.05) is 17.1 Å². The van der Waals surface area contributed by atoms with Crippen molar-refractivity contribution in [3.63, 3.8) is 0 Å². The van der Waals surface area contributed by atoms with Crippen molar-refractivity contribution in [3.05, 3.63) is 65.2 Å². The van der Waals surface area contributed by atoms with Gasteiger partial charge in [0.25, 0.3) is 5.91 Å². The first-order chi connectivity index (χ1) is 12.2. The van der Waals surface area contributed by atoms with Gasteiger partial charge in [0, 0.05) is 0 Å². The number of rotatable bonds is 6. The van der Waals surface area contributed by atoms with Gasteiger partial charge in [-0.2, -0.15) is 5.10 Å². The summed E-state index contributed by atoms with van der Waals surface area (Å²) < 4.78 is 25.4. The first-order valence-corrected chi connectivity index (χ1v) is 9.96. The fraction of sp³-hybridized carbons (Fsp3) is 0.263. The summed E-state index contributed by atoms with van der Waals surface area (Å²) in [6.45, 7) is 5.19. The topological polar surface area (TPSA) is 78.8 Å². The van der Waals surface area contributed by atoms with Crippen molar-refractivity contribution in [1.82, 2.24) is 5.43 Å². The molecule has 2 aromatic rings. The summed E-state index contributed by atoms with van der Waals surface area (Å²) in [6, 6.07) is 14.8. The third-order valence-electron chi connectivity index (χ3n) is 3.72. The van der Waals surface area contributed by atoms with Gasteiger partial charge in [-0.15, -0.1) is 0 Å². The zero-order chi connectivity index (χ0) is 19.3. The fourth-order valence-electron chi connectivity index (χ4n) is 2.55. The van der Waals surface area contributed by atoms with Crippen LogP contribution in [-0.2, 0) is 14.8 Å². The van der Waals surface area contributed by atoms with E-state index in [9.17, 15) is 13.2 Å². The van der Waals surface area contributed by atoms with Gasteiger partial charge in [-0.3, -0.25) is 9.10 Å². The predicted octanol–water partition coefficient (Wildman–Crippen LogP) is 2.61. The van der Waals surface area contributed by atoms with Crippen molar-refractivity contribution < 1.29 is 13.2 Å². The predicted molar refractivity (Wildman–Crippen MR) is 105 cm³/mol. The van der Waals surface area contributed by atoms with Crippen molar-refractivity contribution in [1.29, 1.82) is 0 Å². The van der Waals surface area contributed by atoms with E-state index in [0.29, 0.717) is 11.4 Å². The second-order valence-corrected chi connectivity index (χ2v) is 8.12. The van der Waals surface area contributed by atoms with E-state index in [-0.39, 0.29) is 6.54 Å². The monoisotopic (exact) mass is 373 g/mol. The minimum Gasteiger partial charge on any atom is -0.271 e. The lowest BCUT2D eigenvalue weighted by molar-refractivity contribution is -0.119.